The Morgan fingerprint density at radius 3 is 2.25 bits per heavy atom. The molecular weight excluding hydrogens is 204 g/mol. The molecule has 0 spiro atoms. The lowest BCUT2D eigenvalue weighted by atomic mass is 9.95. The van der Waals surface area contributed by atoms with Crippen molar-refractivity contribution < 1.29 is 14.3 Å². The predicted molar refractivity (Wildman–Crippen MR) is 65.2 cm³/mol. The van der Waals surface area contributed by atoms with E-state index in [0.717, 1.165) is 12.0 Å². The van der Waals surface area contributed by atoms with Crippen molar-refractivity contribution >= 4 is 5.78 Å². The SMILES string of the molecule is C=C[C@@H](C/C(=C\CC)C(OC)OC)C(C)=O. The van der Waals surface area contributed by atoms with Gasteiger partial charge in [-0.15, -0.1) is 6.58 Å². The lowest BCUT2D eigenvalue weighted by Gasteiger charge is -2.20. The highest BCUT2D eigenvalue weighted by Crippen LogP contribution is 2.20. The lowest BCUT2D eigenvalue weighted by molar-refractivity contribution is -0.119. The van der Waals surface area contributed by atoms with E-state index in [4.69, 9.17) is 9.47 Å². The van der Waals surface area contributed by atoms with Crippen molar-refractivity contribution in [1.82, 2.24) is 0 Å². The molecule has 0 aliphatic carbocycles. The van der Waals surface area contributed by atoms with Gasteiger partial charge in [0, 0.05) is 20.1 Å². The minimum absolute atomic E-state index is 0.114. The number of hydrogen-bond acceptors (Lipinski definition) is 3. The second kappa shape index (κ2) is 8.25. The van der Waals surface area contributed by atoms with Crippen LogP contribution in [0.25, 0.3) is 0 Å². The van der Waals surface area contributed by atoms with Crippen LogP contribution < -0.4 is 0 Å². The molecule has 0 amide bonds. The van der Waals surface area contributed by atoms with Crippen molar-refractivity contribution in [2.24, 2.45) is 5.92 Å². The summed E-state index contributed by atoms with van der Waals surface area (Å²) >= 11 is 0. The minimum Gasteiger partial charge on any atom is -0.352 e. The molecule has 0 fully saturated rings. The molecule has 0 bridgehead atoms. The fourth-order valence-electron chi connectivity index (χ4n) is 1.58. The minimum atomic E-state index is -0.373. The van der Waals surface area contributed by atoms with Crippen LogP contribution in [0.15, 0.2) is 24.3 Å². The summed E-state index contributed by atoms with van der Waals surface area (Å²) < 4.78 is 10.4. The third-order valence-corrected chi connectivity index (χ3v) is 2.46. The van der Waals surface area contributed by atoms with Crippen molar-refractivity contribution in [3.8, 4) is 0 Å². The van der Waals surface area contributed by atoms with E-state index in [0.29, 0.717) is 6.42 Å². The number of allylic oxidation sites excluding steroid dienone is 2. The molecule has 0 aromatic heterocycles. The maximum atomic E-state index is 11.3. The first-order chi connectivity index (χ1) is 7.60. The number of Topliss-reactive ketones (excluding diaryl/α,β-unsaturated/α-hetero) is 1. The maximum Gasteiger partial charge on any atom is 0.179 e. The quantitative estimate of drug-likeness (QED) is 0.471. The molecule has 0 N–H and O–H groups in total. The predicted octanol–water partition coefficient (Wildman–Crippen LogP) is 2.72. The summed E-state index contributed by atoms with van der Waals surface area (Å²) in [6, 6.07) is 0. The largest absolute Gasteiger partial charge is 0.352 e. The first-order valence-electron chi connectivity index (χ1n) is 5.48. The summed E-state index contributed by atoms with van der Waals surface area (Å²) in [6.07, 6.45) is 4.84. The van der Waals surface area contributed by atoms with Crippen LogP contribution in [0.2, 0.25) is 0 Å². The Hall–Kier alpha value is -0.930. The number of carbonyl (C=O) groups is 1. The number of methoxy groups -OCH3 is 2. The van der Waals surface area contributed by atoms with Gasteiger partial charge < -0.3 is 9.47 Å². The van der Waals surface area contributed by atoms with E-state index in [1.807, 2.05) is 13.0 Å². The maximum absolute atomic E-state index is 11.3. The molecule has 1 atom stereocenters. The fourth-order valence-corrected chi connectivity index (χ4v) is 1.58. The highest BCUT2D eigenvalue weighted by Gasteiger charge is 2.18. The Balaban J connectivity index is 4.73. The molecule has 0 radical (unpaired) electrons. The summed E-state index contributed by atoms with van der Waals surface area (Å²) in [7, 11) is 3.18. The molecule has 0 heterocycles. The van der Waals surface area contributed by atoms with Crippen LogP contribution in [-0.2, 0) is 14.3 Å². The Morgan fingerprint density at radius 1 is 1.38 bits per heavy atom. The van der Waals surface area contributed by atoms with Crippen LogP contribution in [0.4, 0.5) is 0 Å². The van der Waals surface area contributed by atoms with Gasteiger partial charge in [0.05, 0.1) is 0 Å². The van der Waals surface area contributed by atoms with E-state index in [-0.39, 0.29) is 18.0 Å². The van der Waals surface area contributed by atoms with Gasteiger partial charge >= 0.3 is 0 Å². The van der Waals surface area contributed by atoms with E-state index in [1.165, 1.54) is 0 Å². The molecule has 3 heteroatoms. The third kappa shape index (κ3) is 4.73. The Labute approximate surface area is 98.1 Å². The van der Waals surface area contributed by atoms with Crippen LogP contribution >= 0.6 is 0 Å². The average Bonchev–Trinajstić information content (AvgIpc) is 2.26. The smallest absolute Gasteiger partial charge is 0.179 e. The number of rotatable bonds is 8. The molecule has 0 rings (SSSR count). The van der Waals surface area contributed by atoms with E-state index in [1.54, 1.807) is 27.2 Å². The standard InChI is InChI=1S/C13H22O3/c1-6-8-12(13(15-4)16-5)9-11(7-2)10(3)14/h7-8,11,13H,2,6,9H2,1,3-5H3/b12-8+/t11-/m0/s1. The van der Waals surface area contributed by atoms with Crippen LogP contribution in [0.3, 0.4) is 0 Å². The van der Waals surface area contributed by atoms with Gasteiger partial charge in [0.2, 0.25) is 0 Å². The van der Waals surface area contributed by atoms with Gasteiger partial charge in [-0.3, -0.25) is 4.79 Å². The second-order valence-corrected chi connectivity index (χ2v) is 3.65. The number of ether oxygens (including phenoxy) is 2. The third-order valence-electron chi connectivity index (χ3n) is 2.46. The topological polar surface area (TPSA) is 35.5 Å². The molecule has 3 nitrogen and oxygen atoms in total. The number of hydrogen-bond donors (Lipinski definition) is 0. The molecule has 0 saturated carbocycles. The molecular formula is C13H22O3. The van der Waals surface area contributed by atoms with E-state index in [2.05, 4.69) is 6.58 Å². The van der Waals surface area contributed by atoms with Crippen LogP contribution in [0.5, 0.6) is 0 Å². The number of ketones is 1. The van der Waals surface area contributed by atoms with E-state index < -0.39 is 0 Å². The second-order valence-electron chi connectivity index (χ2n) is 3.65. The summed E-state index contributed by atoms with van der Waals surface area (Å²) in [5.41, 5.74) is 0.993. The van der Waals surface area contributed by atoms with Gasteiger partial charge in [0.25, 0.3) is 0 Å². The first-order valence-corrected chi connectivity index (χ1v) is 5.48. The highest BCUT2D eigenvalue weighted by molar-refractivity contribution is 5.80. The van der Waals surface area contributed by atoms with Gasteiger partial charge in [0.1, 0.15) is 5.78 Å². The molecule has 92 valence electrons. The van der Waals surface area contributed by atoms with E-state index in [9.17, 15) is 4.79 Å². The lowest BCUT2D eigenvalue weighted by Crippen LogP contribution is -2.20. The zero-order valence-corrected chi connectivity index (χ0v) is 10.7. The Bertz CT molecular complexity index is 252. The molecule has 0 aromatic carbocycles. The molecule has 0 unspecified atom stereocenters. The molecule has 0 saturated heterocycles. The van der Waals surface area contributed by atoms with Crippen LogP contribution in [-0.4, -0.2) is 26.3 Å². The normalized spacial score (nSPS) is 13.9. The zero-order valence-electron chi connectivity index (χ0n) is 10.7. The summed E-state index contributed by atoms with van der Waals surface area (Å²) in [5, 5.41) is 0. The van der Waals surface area contributed by atoms with Gasteiger partial charge in [-0.05, 0) is 25.3 Å². The molecule has 0 aromatic rings. The van der Waals surface area contributed by atoms with Crippen molar-refractivity contribution in [3.63, 3.8) is 0 Å². The van der Waals surface area contributed by atoms with Crippen molar-refractivity contribution in [2.45, 2.75) is 33.0 Å². The summed E-state index contributed by atoms with van der Waals surface area (Å²) in [4.78, 5) is 11.3. The highest BCUT2D eigenvalue weighted by atomic mass is 16.7. The Kier molecular flexibility index (Phi) is 7.77. The number of carbonyl (C=O) groups excluding carboxylic acids is 1. The van der Waals surface area contributed by atoms with Gasteiger partial charge in [-0.25, -0.2) is 0 Å². The average molecular weight is 226 g/mol. The zero-order chi connectivity index (χ0) is 12.6. The molecule has 0 aliphatic heterocycles. The van der Waals surface area contributed by atoms with Crippen molar-refractivity contribution in [3.05, 3.63) is 24.3 Å². The summed E-state index contributed by atoms with van der Waals surface area (Å²) in [5.74, 6) is -0.0476. The summed E-state index contributed by atoms with van der Waals surface area (Å²) in [6.45, 7) is 7.29. The van der Waals surface area contributed by atoms with Gasteiger partial charge in [0.15, 0.2) is 6.29 Å². The molecule has 16 heavy (non-hydrogen) atoms. The molecule has 0 aliphatic rings. The monoisotopic (exact) mass is 226 g/mol. The van der Waals surface area contributed by atoms with Crippen molar-refractivity contribution in [2.75, 3.05) is 14.2 Å². The Morgan fingerprint density at radius 2 is 1.94 bits per heavy atom. The van der Waals surface area contributed by atoms with Gasteiger partial charge in [-0.1, -0.05) is 19.1 Å². The van der Waals surface area contributed by atoms with Crippen LogP contribution in [0.1, 0.15) is 26.7 Å². The van der Waals surface area contributed by atoms with Gasteiger partial charge in [-0.2, -0.15) is 0 Å². The van der Waals surface area contributed by atoms with Crippen molar-refractivity contribution in [1.29, 1.82) is 0 Å². The van der Waals surface area contributed by atoms with Crippen LogP contribution in [0, 0.1) is 5.92 Å². The fraction of sp³-hybridized carbons (Fsp3) is 0.615. The first kappa shape index (κ1) is 15.1. The van der Waals surface area contributed by atoms with E-state index >= 15 is 0 Å².